The number of nitrogens with one attached hydrogen (secondary N) is 1. The van der Waals surface area contributed by atoms with Gasteiger partial charge in [0.1, 0.15) is 23.8 Å². The second-order valence-corrected chi connectivity index (χ2v) is 8.94. The maximum absolute atomic E-state index is 14.8. The van der Waals surface area contributed by atoms with Crippen LogP contribution in [0.15, 0.2) is 30.5 Å². The van der Waals surface area contributed by atoms with Gasteiger partial charge in [-0.05, 0) is 37.1 Å². The average molecular weight is 519 g/mol. The molecule has 0 spiro atoms. The van der Waals surface area contributed by atoms with Crippen LogP contribution in [0.25, 0.3) is 27.7 Å². The van der Waals surface area contributed by atoms with Crippen LogP contribution in [0.5, 0.6) is 5.88 Å². The molecule has 4 heterocycles. The standard InChI is InChI=1S/C23H25F3N8O3/c1-13(24)10-34-17-9-14(3-4-16(17)29-31-34)15-5-8-33-20(15)21(37-2)28-22(30-33)27-18-6-7-32(19(36)11-35)12-23(18,25)26/h3-5,8-9,13,18,35H,6-7,10-12H2,1-2H3,(H,27,30)/t13-,18+/m0/s1. The highest BCUT2D eigenvalue weighted by Gasteiger charge is 2.46. The molecule has 14 heteroatoms. The second-order valence-electron chi connectivity index (χ2n) is 8.94. The fraction of sp³-hybridized carbons (Fsp3) is 0.435. The third kappa shape index (κ3) is 4.63. The molecule has 1 fully saturated rings. The number of fused-ring (bicyclic) bond motifs is 2. The van der Waals surface area contributed by atoms with Crippen molar-refractivity contribution in [3.8, 4) is 17.0 Å². The Morgan fingerprint density at radius 1 is 1.35 bits per heavy atom. The molecule has 1 aliphatic rings. The van der Waals surface area contributed by atoms with E-state index >= 15 is 0 Å². The number of aliphatic hydroxyl groups excluding tert-OH is 1. The van der Waals surface area contributed by atoms with Crippen molar-refractivity contribution in [2.45, 2.75) is 38.0 Å². The lowest BCUT2D eigenvalue weighted by atomic mass is 10.0. The first-order chi connectivity index (χ1) is 17.7. The van der Waals surface area contributed by atoms with Gasteiger partial charge in [0.05, 0.1) is 31.8 Å². The highest BCUT2D eigenvalue weighted by atomic mass is 19.3. The Bertz CT molecular complexity index is 1450. The number of ether oxygens (including phenoxy) is 1. The van der Waals surface area contributed by atoms with Crippen LogP contribution in [-0.4, -0.2) is 90.4 Å². The summed E-state index contributed by atoms with van der Waals surface area (Å²) < 4.78 is 51.6. The molecule has 196 valence electrons. The molecule has 1 saturated heterocycles. The Labute approximate surface area is 208 Å². The molecule has 37 heavy (non-hydrogen) atoms. The summed E-state index contributed by atoms with van der Waals surface area (Å²) in [6, 6.07) is 5.92. The highest BCUT2D eigenvalue weighted by molar-refractivity contribution is 5.89. The number of halogens is 3. The van der Waals surface area contributed by atoms with Crippen LogP contribution in [0.1, 0.15) is 13.3 Å². The zero-order valence-corrected chi connectivity index (χ0v) is 20.1. The van der Waals surface area contributed by atoms with Crippen LogP contribution >= 0.6 is 0 Å². The summed E-state index contributed by atoms with van der Waals surface area (Å²) in [5, 5.41) is 24.1. The molecule has 1 aliphatic heterocycles. The molecule has 1 aromatic carbocycles. The lowest BCUT2D eigenvalue weighted by molar-refractivity contribution is -0.145. The van der Waals surface area contributed by atoms with Crippen molar-refractivity contribution in [3.05, 3.63) is 30.5 Å². The van der Waals surface area contributed by atoms with Gasteiger partial charge in [0.15, 0.2) is 0 Å². The summed E-state index contributed by atoms with van der Waals surface area (Å²) in [5.41, 5.74) is 3.27. The first-order valence-electron chi connectivity index (χ1n) is 11.6. The lowest BCUT2D eigenvalue weighted by Crippen LogP contribution is -2.56. The molecule has 0 unspecified atom stereocenters. The van der Waals surface area contributed by atoms with Crippen molar-refractivity contribution in [2.24, 2.45) is 0 Å². The number of nitrogens with zero attached hydrogens (tertiary/aromatic N) is 7. The van der Waals surface area contributed by atoms with E-state index in [1.807, 2.05) is 12.1 Å². The number of methoxy groups -OCH3 is 1. The highest BCUT2D eigenvalue weighted by Crippen LogP contribution is 2.34. The Balaban J connectivity index is 1.46. The first-order valence-corrected chi connectivity index (χ1v) is 11.6. The largest absolute Gasteiger partial charge is 0.479 e. The predicted octanol–water partition coefficient (Wildman–Crippen LogP) is 2.15. The van der Waals surface area contributed by atoms with Gasteiger partial charge in [0.2, 0.25) is 17.7 Å². The zero-order valence-electron chi connectivity index (χ0n) is 20.1. The molecule has 1 amide bonds. The van der Waals surface area contributed by atoms with Crippen LogP contribution < -0.4 is 10.1 Å². The van der Waals surface area contributed by atoms with E-state index in [0.717, 1.165) is 10.5 Å². The molecule has 0 bridgehead atoms. The number of rotatable bonds is 7. The molecule has 0 radical (unpaired) electrons. The topological polar surface area (TPSA) is 123 Å². The fourth-order valence-corrected chi connectivity index (χ4v) is 4.52. The monoisotopic (exact) mass is 518 g/mol. The van der Waals surface area contributed by atoms with Crippen molar-refractivity contribution in [1.29, 1.82) is 0 Å². The van der Waals surface area contributed by atoms with E-state index < -0.39 is 37.2 Å². The number of likely N-dealkylation sites (tertiary alicyclic amines) is 1. The second kappa shape index (κ2) is 9.50. The molecule has 2 N–H and O–H groups in total. The van der Waals surface area contributed by atoms with Gasteiger partial charge in [0.25, 0.3) is 5.92 Å². The van der Waals surface area contributed by atoms with Gasteiger partial charge in [-0.25, -0.2) is 22.4 Å². The van der Waals surface area contributed by atoms with Crippen molar-refractivity contribution >= 4 is 28.4 Å². The summed E-state index contributed by atoms with van der Waals surface area (Å²) in [6.07, 6.45) is 0.501. The third-order valence-electron chi connectivity index (χ3n) is 6.31. The van der Waals surface area contributed by atoms with Crippen molar-refractivity contribution in [2.75, 3.05) is 32.1 Å². The van der Waals surface area contributed by atoms with Gasteiger partial charge in [0, 0.05) is 18.3 Å². The average Bonchev–Trinajstić information content (AvgIpc) is 3.47. The zero-order chi connectivity index (χ0) is 26.3. The van der Waals surface area contributed by atoms with Gasteiger partial charge >= 0.3 is 0 Å². The van der Waals surface area contributed by atoms with Gasteiger partial charge in [-0.15, -0.1) is 10.2 Å². The minimum atomic E-state index is -3.26. The minimum absolute atomic E-state index is 0.0569. The first kappa shape index (κ1) is 24.7. The molecule has 5 rings (SSSR count). The number of anilines is 1. The number of benzene rings is 1. The molecule has 11 nitrogen and oxygen atoms in total. The number of aromatic nitrogens is 6. The van der Waals surface area contributed by atoms with E-state index in [-0.39, 0.29) is 31.3 Å². The molecule has 3 aromatic heterocycles. The van der Waals surface area contributed by atoms with E-state index in [9.17, 15) is 18.0 Å². The van der Waals surface area contributed by atoms with E-state index in [1.54, 1.807) is 18.3 Å². The van der Waals surface area contributed by atoms with E-state index in [2.05, 4.69) is 25.7 Å². The van der Waals surface area contributed by atoms with Crippen LogP contribution in [-0.2, 0) is 11.3 Å². The number of aliphatic hydroxyl groups is 1. The number of amides is 1. The van der Waals surface area contributed by atoms with Crippen molar-refractivity contribution in [3.63, 3.8) is 0 Å². The summed E-state index contributed by atoms with van der Waals surface area (Å²) in [7, 11) is 1.42. The molecular formula is C23H25F3N8O3. The fourth-order valence-electron chi connectivity index (χ4n) is 4.52. The van der Waals surface area contributed by atoms with Crippen LogP contribution in [0.4, 0.5) is 19.1 Å². The van der Waals surface area contributed by atoms with Gasteiger partial charge in [-0.1, -0.05) is 11.3 Å². The predicted molar refractivity (Wildman–Crippen MR) is 127 cm³/mol. The van der Waals surface area contributed by atoms with E-state index in [1.165, 1.54) is 23.2 Å². The van der Waals surface area contributed by atoms with Crippen molar-refractivity contribution in [1.82, 2.24) is 34.5 Å². The molecular weight excluding hydrogens is 493 g/mol. The SMILES string of the molecule is COc1nc(N[C@@H]2CCN(C(=O)CO)CC2(F)F)nn2ccc(-c3ccc4nnn(C[C@H](C)F)c4c3)c12. The number of carbonyl (C=O) groups is 1. The summed E-state index contributed by atoms with van der Waals surface area (Å²) >= 11 is 0. The van der Waals surface area contributed by atoms with E-state index in [4.69, 9.17) is 9.84 Å². The maximum Gasteiger partial charge on any atom is 0.285 e. The molecule has 0 saturated carbocycles. The molecule has 0 aliphatic carbocycles. The lowest BCUT2D eigenvalue weighted by Gasteiger charge is -2.38. The number of hydrogen-bond acceptors (Lipinski definition) is 8. The Kier molecular flexibility index (Phi) is 6.35. The van der Waals surface area contributed by atoms with Crippen LogP contribution in [0.3, 0.4) is 0 Å². The number of piperidine rings is 1. The van der Waals surface area contributed by atoms with Gasteiger partial charge < -0.3 is 20.1 Å². The van der Waals surface area contributed by atoms with Gasteiger partial charge in [-0.2, -0.15) is 4.98 Å². The summed E-state index contributed by atoms with van der Waals surface area (Å²) in [4.78, 5) is 16.9. The number of carbonyl (C=O) groups excluding carboxylic acids is 1. The van der Waals surface area contributed by atoms with Crippen LogP contribution in [0.2, 0.25) is 0 Å². The smallest absolute Gasteiger partial charge is 0.285 e. The minimum Gasteiger partial charge on any atom is -0.479 e. The molecule has 2 atom stereocenters. The Morgan fingerprint density at radius 2 is 2.16 bits per heavy atom. The summed E-state index contributed by atoms with van der Waals surface area (Å²) in [5.74, 6) is -3.90. The Hall–Kier alpha value is -3.94. The normalized spacial score (nSPS) is 18.3. The third-order valence-corrected chi connectivity index (χ3v) is 6.31. The number of hydrogen-bond donors (Lipinski definition) is 2. The van der Waals surface area contributed by atoms with E-state index in [0.29, 0.717) is 22.1 Å². The molecule has 4 aromatic rings. The summed E-state index contributed by atoms with van der Waals surface area (Å²) in [6.45, 7) is -0.0566. The van der Waals surface area contributed by atoms with Crippen molar-refractivity contribution < 1.29 is 27.8 Å². The Morgan fingerprint density at radius 3 is 2.86 bits per heavy atom. The maximum atomic E-state index is 14.8. The van der Waals surface area contributed by atoms with Crippen LogP contribution in [0, 0.1) is 0 Å². The van der Waals surface area contributed by atoms with Gasteiger partial charge in [-0.3, -0.25) is 4.79 Å². The quantitative estimate of drug-likeness (QED) is 0.382. The number of alkyl halides is 3.